The van der Waals surface area contributed by atoms with Crippen molar-refractivity contribution in [1.29, 1.82) is 0 Å². The average Bonchev–Trinajstić information content (AvgIpc) is 2.40. The molecule has 0 bridgehead atoms. The second kappa shape index (κ2) is 16.5. The molecule has 0 saturated carbocycles. The molecule has 0 saturated heterocycles. The quantitative estimate of drug-likeness (QED) is 0.258. The van der Waals surface area contributed by atoms with E-state index in [4.69, 9.17) is 28.1 Å². The highest BCUT2D eigenvalue weighted by Crippen LogP contribution is 2.18. The molecule has 0 aliphatic heterocycles. The Balaban J connectivity index is 0. The zero-order valence-electron chi connectivity index (χ0n) is 13.1. The van der Waals surface area contributed by atoms with Crippen LogP contribution in [-0.2, 0) is 18.0 Å². The van der Waals surface area contributed by atoms with Crippen molar-refractivity contribution in [3.8, 4) is 0 Å². The molecule has 0 unspecified atom stereocenters. The average molecular weight is 311 g/mol. The van der Waals surface area contributed by atoms with Crippen molar-refractivity contribution in [2.75, 3.05) is 33.0 Å². The maximum Gasteiger partial charge on any atom is 0.501 e. The Labute approximate surface area is 122 Å². The van der Waals surface area contributed by atoms with Gasteiger partial charge in [-0.3, -0.25) is 0 Å². The summed E-state index contributed by atoms with van der Waals surface area (Å²) in [6, 6.07) is 0.840. The van der Waals surface area contributed by atoms with E-state index in [9.17, 15) is 0 Å². The largest absolute Gasteiger partial charge is 0.501 e. The van der Waals surface area contributed by atoms with Gasteiger partial charge >= 0.3 is 8.80 Å². The number of hydrogen-bond acceptors (Lipinski definition) is 6. The first-order valence-electron chi connectivity index (χ1n) is 7.12. The Morgan fingerprint density at radius 1 is 0.950 bits per heavy atom. The topological polar surface area (TPSA) is 86.6 Å². The summed E-state index contributed by atoms with van der Waals surface area (Å²) >= 11 is 0. The van der Waals surface area contributed by atoms with Gasteiger partial charge in [0.2, 0.25) is 0 Å². The molecular formula is C12H29NO6Si. The maximum atomic E-state index is 8.11. The van der Waals surface area contributed by atoms with Gasteiger partial charge in [0.15, 0.2) is 5.34 Å². The van der Waals surface area contributed by atoms with Crippen molar-refractivity contribution in [1.82, 2.24) is 0 Å². The van der Waals surface area contributed by atoms with Gasteiger partial charge in [0.1, 0.15) is 0 Å². The second-order valence-electron chi connectivity index (χ2n) is 3.78. The molecule has 1 N–H and O–H groups in total. The van der Waals surface area contributed by atoms with Crippen LogP contribution in [0.15, 0.2) is 5.34 Å². The summed E-state index contributed by atoms with van der Waals surface area (Å²) in [4.78, 5) is 8.11. The van der Waals surface area contributed by atoms with Gasteiger partial charge in [-0.05, 0) is 33.6 Å². The van der Waals surface area contributed by atoms with E-state index in [-0.39, 0.29) is 0 Å². The molecule has 0 fully saturated rings. The maximum absolute atomic E-state index is 8.11. The van der Waals surface area contributed by atoms with Crippen molar-refractivity contribution >= 4 is 8.80 Å². The third-order valence-electron chi connectivity index (χ3n) is 2.21. The highest BCUT2D eigenvalue weighted by atomic mass is 28.4. The zero-order chi connectivity index (χ0) is 15.7. The van der Waals surface area contributed by atoms with Gasteiger partial charge in [-0.2, -0.15) is 0 Å². The molecule has 0 aromatic heterocycles. The Morgan fingerprint density at radius 3 is 1.75 bits per heavy atom. The van der Waals surface area contributed by atoms with Crippen molar-refractivity contribution in [3.63, 3.8) is 0 Å². The molecule has 0 heterocycles. The molecule has 0 amide bonds. The molecule has 0 radical (unpaired) electrons. The summed E-state index contributed by atoms with van der Waals surface area (Å²) in [5.41, 5.74) is 0. The minimum absolute atomic E-state index is 0.641. The van der Waals surface area contributed by atoms with Gasteiger partial charge < -0.3 is 23.2 Å². The third-order valence-corrected chi connectivity index (χ3v) is 5.36. The smallest absolute Gasteiger partial charge is 0.381 e. The highest BCUT2D eigenvalue weighted by molar-refractivity contribution is 6.60. The van der Waals surface area contributed by atoms with Crippen LogP contribution in [0.4, 0.5) is 0 Å². The van der Waals surface area contributed by atoms with Crippen molar-refractivity contribution < 1.29 is 23.2 Å². The van der Waals surface area contributed by atoms with Gasteiger partial charge in [0.25, 0.3) is 0 Å². The van der Waals surface area contributed by atoms with E-state index in [0.717, 1.165) is 32.1 Å². The third kappa shape index (κ3) is 12.5. The molecular weight excluding hydrogens is 282 g/mol. The van der Waals surface area contributed by atoms with Crippen molar-refractivity contribution in [2.24, 2.45) is 5.34 Å². The van der Waals surface area contributed by atoms with Gasteiger partial charge in [0.05, 0.1) is 0 Å². The van der Waals surface area contributed by atoms with E-state index in [2.05, 4.69) is 6.92 Å². The number of rotatable bonds is 12. The van der Waals surface area contributed by atoms with E-state index < -0.39 is 8.80 Å². The van der Waals surface area contributed by atoms with Crippen LogP contribution in [-0.4, -0.2) is 47.0 Å². The summed E-state index contributed by atoms with van der Waals surface area (Å²) < 4.78 is 22.7. The fourth-order valence-electron chi connectivity index (χ4n) is 1.64. The number of nitrogens with zero attached hydrogens (tertiary/aromatic N) is 1. The van der Waals surface area contributed by atoms with Crippen LogP contribution in [0, 0.1) is 4.91 Å². The van der Waals surface area contributed by atoms with E-state index >= 15 is 0 Å². The first-order chi connectivity index (χ1) is 9.66. The van der Waals surface area contributed by atoms with Crippen LogP contribution in [0.2, 0.25) is 6.04 Å². The Hall–Kier alpha value is -0.543. The van der Waals surface area contributed by atoms with Crippen molar-refractivity contribution in [3.05, 3.63) is 4.91 Å². The predicted molar refractivity (Wildman–Crippen MR) is 78.7 cm³/mol. The Bertz CT molecular complexity index is 191. The lowest BCUT2D eigenvalue weighted by Gasteiger charge is -2.28. The SMILES string of the molecule is CCCOCCC[Si](OCC)(OCC)OCC.O=NO. The first kappa shape index (κ1) is 21.7. The second-order valence-corrected chi connectivity index (χ2v) is 6.51. The van der Waals surface area contributed by atoms with E-state index in [1.165, 1.54) is 5.34 Å². The lowest BCUT2D eigenvalue weighted by Crippen LogP contribution is -2.46. The molecule has 122 valence electrons. The summed E-state index contributed by atoms with van der Waals surface area (Å²) in [6.45, 7) is 11.6. The van der Waals surface area contributed by atoms with E-state index in [1.807, 2.05) is 20.8 Å². The van der Waals surface area contributed by atoms with Crippen LogP contribution in [0.3, 0.4) is 0 Å². The molecule has 0 aliphatic rings. The minimum Gasteiger partial charge on any atom is -0.381 e. The van der Waals surface area contributed by atoms with E-state index in [0.29, 0.717) is 19.8 Å². The van der Waals surface area contributed by atoms with Crippen LogP contribution < -0.4 is 0 Å². The highest BCUT2D eigenvalue weighted by Gasteiger charge is 2.39. The molecule has 0 rings (SSSR count). The zero-order valence-corrected chi connectivity index (χ0v) is 14.1. The summed E-state index contributed by atoms with van der Waals surface area (Å²) in [5.74, 6) is 0. The molecule has 0 aliphatic carbocycles. The summed E-state index contributed by atoms with van der Waals surface area (Å²) in [7, 11) is -2.44. The van der Waals surface area contributed by atoms with Crippen LogP contribution in [0.1, 0.15) is 40.5 Å². The normalized spacial score (nSPS) is 10.8. The van der Waals surface area contributed by atoms with Gasteiger partial charge in [0, 0.05) is 39.1 Å². The van der Waals surface area contributed by atoms with E-state index in [1.54, 1.807) is 0 Å². The van der Waals surface area contributed by atoms with Crippen LogP contribution in [0.25, 0.3) is 0 Å². The van der Waals surface area contributed by atoms with Crippen LogP contribution >= 0.6 is 0 Å². The number of ether oxygens (including phenoxy) is 1. The molecule has 0 aromatic rings. The molecule has 20 heavy (non-hydrogen) atoms. The number of hydrogen-bond donors (Lipinski definition) is 1. The molecule has 8 heteroatoms. The molecule has 7 nitrogen and oxygen atoms in total. The summed E-state index contributed by atoms with van der Waals surface area (Å²) in [5, 5.41) is 7.89. The molecule has 0 atom stereocenters. The predicted octanol–water partition coefficient (Wildman–Crippen LogP) is 2.99. The Morgan fingerprint density at radius 2 is 1.40 bits per heavy atom. The fourth-order valence-corrected chi connectivity index (χ4v) is 4.22. The minimum atomic E-state index is -2.44. The monoisotopic (exact) mass is 311 g/mol. The Kier molecular flexibility index (Phi) is 18.0. The van der Waals surface area contributed by atoms with Crippen molar-refractivity contribution in [2.45, 2.75) is 46.6 Å². The first-order valence-corrected chi connectivity index (χ1v) is 9.05. The lowest BCUT2D eigenvalue weighted by molar-refractivity contribution is 0.0660. The van der Waals surface area contributed by atoms with Gasteiger partial charge in [-0.1, -0.05) is 6.92 Å². The molecule has 0 aromatic carbocycles. The van der Waals surface area contributed by atoms with Gasteiger partial charge in [-0.25, -0.2) is 0 Å². The fraction of sp³-hybridized carbons (Fsp3) is 1.00. The standard InChI is InChI=1S/C12H28O4Si.HNO2/c1-5-10-13-11-9-12-17(14-6-2,15-7-3)16-8-4;2-1-3/h5-12H2,1-4H3;(H,2,3). The van der Waals surface area contributed by atoms with Gasteiger partial charge in [-0.15, -0.1) is 4.91 Å². The van der Waals surface area contributed by atoms with Crippen LogP contribution in [0.5, 0.6) is 0 Å². The summed E-state index contributed by atoms with van der Waals surface area (Å²) in [6.07, 6.45) is 2.00. The lowest BCUT2D eigenvalue weighted by atomic mass is 10.5. The molecule has 0 spiro atoms.